The number of ketones is 1. The molecule has 1 aliphatic carbocycles. The lowest BCUT2D eigenvalue weighted by Gasteiger charge is -2.46. The summed E-state index contributed by atoms with van der Waals surface area (Å²) in [5, 5.41) is 0. The molecule has 2 heteroatoms. The molecule has 0 aromatic rings. The van der Waals surface area contributed by atoms with Gasteiger partial charge >= 0.3 is 0 Å². The normalized spacial score (nSPS) is 21.9. The molecule has 1 unspecified atom stereocenters. The van der Waals surface area contributed by atoms with E-state index >= 15 is 0 Å². The van der Waals surface area contributed by atoms with E-state index in [2.05, 4.69) is 26.2 Å². The molecule has 16 heavy (non-hydrogen) atoms. The van der Waals surface area contributed by atoms with Crippen molar-refractivity contribution in [2.45, 2.75) is 27.2 Å². The molecule has 1 aliphatic rings. The average molecular weight is 220 g/mol. The van der Waals surface area contributed by atoms with Crippen LogP contribution in [0.2, 0.25) is 0 Å². The molecular formula is C14H20O2. The van der Waals surface area contributed by atoms with Crippen LogP contribution in [0.15, 0.2) is 30.0 Å². The summed E-state index contributed by atoms with van der Waals surface area (Å²) in [7, 11) is 0. The quantitative estimate of drug-likeness (QED) is 0.308. The van der Waals surface area contributed by atoms with Crippen molar-refractivity contribution in [1.82, 2.24) is 0 Å². The summed E-state index contributed by atoms with van der Waals surface area (Å²) in [6.45, 7) is 10.9. The van der Waals surface area contributed by atoms with Gasteiger partial charge in [-0.3, -0.25) is 4.79 Å². The van der Waals surface area contributed by atoms with E-state index in [9.17, 15) is 4.79 Å². The highest BCUT2D eigenvalue weighted by Gasteiger charge is 2.43. The van der Waals surface area contributed by atoms with Gasteiger partial charge in [0.2, 0.25) is 0 Å². The van der Waals surface area contributed by atoms with Crippen molar-refractivity contribution in [2.24, 2.45) is 11.3 Å². The van der Waals surface area contributed by atoms with Crippen molar-refractivity contribution >= 4 is 5.78 Å². The van der Waals surface area contributed by atoms with Gasteiger partial charge in [0.15, 0.2) is 5.78 Å². The summed E-state index contributed by atoms with van der Waals surface area (Å²) in [4.78, 5) is 10.8. The largest absolute Gasteiger partial charge is 0.377 e. The molecule has 1 atom stereocenters. The van der Waals surface area contributed by atoms with Crippen molar-refractivity contribution in [3.63, 3.8) is 0 Å². The van der Waals surface area contributed by atoms with Crippen LogP contribution >= 0.6 is 0 Å². The fourth-order valence-electron chi connectivity index (χ4n) is 1.87. The standard InChI is InChI=1S/C14H20O2/c1-5-8-16-10-13-9-12(14(13,3)4)7-6-11(2)15/h5-6,13H,1,8-10H2,2-4H3. The molecule has 0 bridgehead atoms. The van der Waals surface area contributed by atoms with Crippen molar-refractivity contribution in [1.29, 1.82) is 0 Å². The first-order valence-corrected chi connectivity index (χ1v) is 5.63. The summed E-state index contributed by atoms with van der Waals surface area (Å²) in [5.41, 5.74) is 4.42. The van der Waals surface area contributed by atoms with Crippen LogP contribution < -0.4 is 0 Å². The van der Waals surface area contributed by atoms with E-state index < -0.39 is 0 Å². The van der Waals surface area contributed by atoms with Crippen LogP contribution in [-0.2, 0) is 9.53 Å². The summed E-state index contributed by atoms with van der Waals surface area (Å²) in [5.74, 6) is 0.574. The fraction of sp³-hybridized carbons (Fsp3) is 0.571. The number of allylic oxidation sites excluding steroid dienone is 1. The van der Waals surface area contributed by atoms with Gasteiger partial charge in [0.1, 0.15) is 0 Å². The molecule has 1 rings (SSSR count). The van der Waals surface area contributed by atoms with Crippen LogP contribution in [0, 0.1) is 11.3 Å². The Morgan fingerprint density at radius 1 is 1.69 bits per heavy atom. The fourth-order valence-corrected chi connectivity index (χ4v) is 1.87. The Balaban J connectivity index is 2.56. The Labute approximate surface area is 97.7 Å². The summed E-state index contributed by atoms with van der Waals surface area (Å²) < 4.78 is 5.46. The Morgan fingerprint density at radius 2 is 2.38 bits per heavy atom. The molecule has 1 fully saturated rings. The lowest BCUT2D eigenvalue weighted by molar-refractivity contribution is -0.112. The third kappa shape index (κ3) is 2.94. The van der Waals surface area contributed by atoms with Gasteiger partial charge in [0.05, 0.1) is 13.2 Å². The second-order valence-electron chi connectivity index (χ2n) is 4.83. The summed E-state index contributed by atoms with van der Waals surface area (Å²) in [6.07, 6.45) is 4.27. The smallest absolute Gasteiger partial charge is 0.160 e. The Kier molecular flexibility index (Phi) is 4.28. The second-order valence-corrected chi connectivity index (χ2v) is 4.83. The number of carbonyl (C=O) groups excluding carboxylic acids is 1. The van der Waals surface area contributed by atoms with Crippen molar-refractivity contribution < 1.29 is 9.53 Å². The minimum absolute atomic E-state index is 0.0506. The first-order chi connectivity index (χ1) is 7.48. The third-order valence-corrected chi connectivity index (χ3v) is 3.25. The molecule has 0 saturated heterocycles. The molecule has 0 aromatic carbocycles. The molecule has 2 nitrogen and oxygen atoms in total. The zero-order valence-electron chi connectivity index (χ0n) is 10.4. The Morgan fingerprint density at radius 3 is 2.88 bits per heavy atom. The predicted molar refractivity (Wildman–Crippen MR) is 65.2 cm³/mol. The van der Waals surface area contributed by atoms with E-state index in [1.54, 1.807) is 13.0 Å². The molecule has 88 valence electrons. The van der Waals surface area contributed by atoms with Crippen LogP contribution in [0.1, 0.15) is 27.2 Å². The van der Waals surface area contributed by atoms with E-state index in [4.69, 9.17) is 4.74 Å². The monoisotopic (exact) mass is 220 g/mol. The average Bonchev–Trinajstić information content (AvgIpc) is 2.20. The zero-order valence-corrected chi connectivity index (χ0v) is 10.4. The van der Waals surface area contributed by atoms with Crippen molar-refractivity contribution in [2.75, 3.05) is 13.2 Å². The molecule has 0 N–H and O–H groups in total. The van der Waals surface area contributed by atoms with E-state index in [1.807, 2.05) is 0 Å². The SMILES string of the molecule is C=CCOCC1CC(=C=CC(C)=O)C1(C)C. The van der Waals surface area contributed by atoms with Gasteiger partial charge in [-0.05, 0) is 30.3 Å². The lowest BCUT2D eigenvalue weighted by atomic mass is 9.59. The van der Waals surface area contributed by atoms with E-state index in [1.165, 1.54) is 11.6 Å². The molecular weight excluding hydrogens is 200 g/mol. The van der Waals surface area contributed by atoms with Crippen molar-refractivity contribution in [3.8, 4) is 0 Å². The molecule has 0 amide bonds. The number of hydrogen-bond acceptors (Lipinski definition) is 2. The van der Waals surface area contributed by atoms with Gasteiger partial charge in [-0.25, -0.2) is 0 Å². The Bertz CT molecular complexity index is 344. The van der Waals surface area contributed by atoms with E-state index in [0.717, 1.165) is 13.0 Å². The maximum atomic E-state index is 10.8. The lowest BCUT2D eigenvalue weighted by Crippen LogP contribution is -2.40. The summed E-state index contributed by atoms with van der Waals surface area (Å²) >= 11 is 0. The van der Waals surface area contributed by atoms with Crippen LogP contribution in [0.5, 0.6) is 0 Å². The first kappa shape index (κ1) is 13.0. The number of ether oxygens (including phenoxy) is 1. The van der Waals surface area contributed by atoms with Crippen molar-refractivity contribution in [3.05, 3.63) is 30.0 Å². The van der Waals surface area contributed by atoms with E-state index in [-0.39, 0.29) is 11.2 Å². The molecule has 0 aliphatic heterocycles. The van der Waals surface area contributed by atoms with Gasteiger partial charge in [-0.2, -0.15) is 0 Å². The first-order valence-electron chi connectivity index (χ1n) is 5.63. The highest BCUT2D eigenvalue weighted by atomic mass is 16.5. The molecule has 0 aromatic heterocycles. The maximum Gasteiger partial charge on any atom is 0.160 e. The molecule has 0 radical (unpaired) electrons. The highest BCUT2D eigenvalue weighted by molar-refractivity contribution is 5.87. The number of rotatable bonds is 5. The van der Waals surface area contributed by atoms with Gasteiger partial charge in [0, 0.05) is 6.08 Å². The van der Waals surface area contributed by atoms with Gasteiger partial charge < -0.3 is 4.74 Å². The molecule has 0 heterocycles. The topological polar surface area (TPSA) is 26.3 Å². The second kappa shape index (κ2) is 5.29. The predicted octanol–water partition coefficient (Wildman–Crippen LogP) is 2.91. The molecule has 0 spiro atoms. The number of hydrogen-bond donors (Lipinski definition) is 0. The minimum Gasteiger partial charge on any atom is -0.377 e. The summed E-state index contributed by atoms with van der Waals surface area (Å²) in [6, 6.07) is 0. The van der Waals surface area contributed by atoms with Crippen LogP contribution in [-0.4, -0.2) is 19.0 Å². The number of carbonyl (C=O) groups is 1. The van der Waals surface area contributed by atoms with E-state index in [0.29, 0.717) is 12.5 Å². The minimum atomic E-state index is 0.0506. The zero-order chi connectivity index (χ0) is 12.2. The van der Waals surface area contributed by atoms with Crippen LogP contribution in [0.4, 0.5) is 0 Å². The van der Waals surface area contributed by atoms with Crippen LogP contribution in [0.25, 0.3) is 0 Å². The van der Waals surface area contributed by atoms with Crippen LogP contribution in [0.3, 0.4) is 0 Å². The third-order valence-electron chi connectivity index (χ3n) is 3.25. The highest BCUT2D eigenvalue weighted by Crippen LogP contribution is 2.50. The molecule has 1 saturated carbocycles. The Hall–Kier alpha value is -1.11. The maximum absolute atomic E-state index is 10.8. The van der Waals surface area contributed by atoms with Gasteiger partial charge in [0.25, 0.3) is 0 Å². The van der Waals surface area contributed by atoms with Gasteiger partial charge in [-0.1, -0.05) is 19.9 Å². The van der Waals surface area contributed by atoms with Gasteiger partial charge in [-0.15, -0.1) is 12.3 Å².